The lowest BCUT2D eigenvalue weighted by Gasteiger charge is -2.28. The van der Waals surface area contributed by atoms with Crippen LogP contribution in [0.25, 0.3) is 0 Å². The number of hydrogen-bond donors (Lipinski definition) is 2. The summed E-state index contributed by atoms with van der Waals surface area (Å²) in [4.78, 5) is 3.61. The first-order valence-electron chi connectivity index (χ1n) is 4.04. The van der Waals surface area contributed by atoms with Gasteiger partial charge in [0.15, 0.2) is 11.6 Å². The van der Waals surface area contributed by atoms with Crippen molar-refractivity contribution in [1.82, 2.24) is 10.3 Å². The van der Waals surface area contributed by atoms with Crippen molar-refractivity contribution in [3.05, 3.63) is 23.9 Å². The van der Waals surface area contributed by atoms with Crippen LogP contribution < -0.4 is 10.6 Å². The highest BCUT2D eigenvalue weighted by Crippen LogP contribution is 2.13. The van der Waals surface area contributed by atoms with E-state index in [0.29, 0.717) is 0 Å². The Kier molecular flexibility index (Phi) is 2.10. The Labute approximate surface area is 74.2 Å². The van der Waals surface area contributed by atoms with Crippen LogP contribution >= 0.6 is 0 Å². The fourth-order valence-corrected chi connectivity index (χ4v) is 1.10. The van der Waals surface area contributed by atoms with Gasteiger partial charge in [-0.2, -0.15) is 0 Å². The van der Waals surface area contributed by atoms with Crippen LogP contribution in [0.2, 0.25) is 0 Å². The Balaban J connectivity index is 2.10. The van der Waals surface area contributed by atoms with E-state index in [0.717, 1.165) is 25.4 Å². The molecule has 0 aliphatic carbocycles. The summed E-state index contributed by atoms with van der Waals surface area (Å²) in [5, 5.41) is 5.88. The van der Waals surface area contributed by atoms with E-state index in [4.69, 9.17) is 0 Å². The number of nitrogens with zero attached hydrogens (tertiary/aromatic N) is 1. The molecule has 1 saturated heterocycles. The predicted molar refractivity (Wildman–Crippen MR) is 44.4 cm³/mol. The van der Waals surface area contributed by atoms with Gasteiger partial charge in [0, 0.05) is 19.2 Å². The van der Waals surface area contributed by atoms with Crippen molar-refractivity contribution in [2.45, 2.75) is 6.04 Å². The average Bonchev–Trinajstić information content (AvgIpc) is 1.99. The maximum Gasteiger partial charge on any atom is 0.168 e. The van der Waals surface area contributed by atoms with Crippen LogP contribution in [-0.4, -0.2) is 24.1 Å². The molecule has 0 atom stereocenters. The Hall–Kier alpha value is -1.23. The lowest BCUT2D eigenvalue weighted by Crippen LogP contribution is -2.51. The van der Waals surface area contributed by atoms with Crippen LogP contribution in [0.4, 0.5) is 14.6 Å². The van der Waals surface area contributed by atoms with Gasteiger partial charge in [-0.05, 0) is 0 Å². The summed E-state index contributed by atoms with van der Waals surface area (Å²) in [7, 11) is 0. The Morgan fingerprint density at radius 2 is 2.23 bits per heavy atom. The molecule has 2 heterocycles. The molecule has 0 spiro atoms. The molecule has 1 aliphatic heterocycles. The monoisotopic (exact) mass is 185 g/mol. The SMILES string of the molecule is Fc1cnc(NC2CNC2)c(F)c1. The molecule has 1 fully saturated rings. The zero-order valence-corrected chi connectivity index (χ0v) is 6.85. The van der Waals surface area contributed by atoms with Gasteiger partial charge in [0.25, 0.3) is 0 Å². The van der Waals surface area contributed by atoms with E-state index in [1.807, 2.05) is 0 Å². The van der Waals surface area contributed by atoms with E-state index in [-0.39, 0.29) is 11.9 Å². The smallest absolute Gasteiger partial charge is 0.168 e. The van der Waals surface area contributed by atoms with Crippen LogP contribution in [0.15, 0.2) is 12.3 Å². The first-order valence-corrected chi connectivity index (χ1v) is 4.04. The van der Waals surface area contributed by atoms with E-state index < -0.39 is 11.6 Å². The summed E-state index contributed by atoms with van der Waals surface area (Å²) in [6.07, 6.45) is 0.998. The van der Waals surface area contributed by atoms with Crippen LogP contribution in [0.3, 0.4) is 0 Å². The zero-order valence-electron chi connectivity index (χ0n) is 6.85. The Morgan fingerprint density at radius 3 is 2.77 bits per heavy atom. The maximum atomic E-state index is 13.0. The zero-order chi connectivity index (χ0) is 9.26. The largest absolute Gasteiger partial charge is 0.362 e. The van der Waals surface area contributed by atoms with E-state index >= 15 is 0 Å². The molecule has 2 rings (SSSR count). The van der Waals surface area contributed by atoms with Crippen LogP contribution in [0.1, 0.15) is 0 Å². The van der Waals surface area contributed by atoms with Crippen molar-refractivity contribution in [2.75, 3.05) is 18.4 Å². The van der Waals surface area contributed by atoms with Gasteiger partial charge in [0.1, 0.15) is 5.82 Å². The molecule has 3 nitrogen and oxygen atoms in total. The van der Waals surface area contributed by atoms with E-state index in [2.05, 4.69) is 15.6 Å². The summed E-state index contributed by atoms with van der Waals surface area (Å²) in [6.45, 7) is 1.58. The maximum absolute atomic E-state index is 13.0. The molecule has 0 bridgehead atoms. The number of rotatable bonds is 2. The van der Waals surface area contributed by atoms with Gasteiger partial charge in [-0.25, -0.2) is 13.8 Å². The Morgan fingerprint density at radius 1 is 1.46 bits per heavy atom. The predicted octanol–water partition coefficient (Wildman–Crippen LogP) is 0.743. The fourth-order valence-electron chi connectivity index (χ4n) is 1.10. The highest BCUT2D eigenvalue weighted by Gasteiger charge is 2.18. The molecule has 70 valence electrons. The highest BCUT2D eigenvalue weighted by molar-refractivity contribution is 5.37. The second-order valence-electron chi connectivity index (χ2n) is 2.98. The summed E-state index contributed by atoms with van der Waals surface area (Å²) in [6, 6.07) is 1.02. The highest BCUT2D eigenvalue weighted by atomic mass is 19.1. The molecular formula is C8H9F2N3. The third-order valence-electron chi connectivity index (χ3n) is 1.93. The van der Waals surface area contributed by atoms with Gasteiger partial charge >= 0.3 is 0 Å². The van der Waals surface area contributed by atoms with Gasteiger partial charge < -0.3 is 10.6 Å². The Bertz CT molecular complexity index is 312. The molecular weight excluding hydrogens is 176 g/mol. The van der Waals surface area contributed by atoms with Crippen molar-refractivity contribution in [2.24, 2.45) is 0 Å². The fraction of sp³-hybridized carbons (Fsp3) is 0.375. The number of anilines is 1. The molecule has 0 unspecified atom stereocenters. The van der Waals surface area contributed by atoms with Gasteiger partial charge in [-0.3, -0.25) is 0 Å². The summed E-state index contributed by atoms with van der Waals surface area (Å²) in [5.41, 5.74) is 0. The van der Waals surface area contributed by atoms with Crippen LogP contribution in [-0.2, 0) is 0 Å². The molecule has 1 aromatic heterocycles. The molecule has 2 N–H and O–H groups in total. The van der Waals surface area contributed by atoms with Crippen LogP contribution in [0.5, 0.6) is 0 Å². The van der Waals surface area contributed by atoms with Gasteiger partial charge in [-0.15, -0.1) is 0 Å². The molecule has 0 radical (unpaired) electrons. The van der Waals surface area contributed by atoms with E-state index in [1.165, 1.54) is 0 Å². The molecule has 13 heavy (non-hydrogen) atoms. The number of aromatic nitrogens is 1. The standard InChI is InChI=1S/C8H9F2N3/c9-5-1-7(10)8(12-2-5)13-6-3-11-4-6/h1-2,6,11H,3-4H2,(H,12,13). The molecule has 0 saturated carbocycles. The van der Waals surface area contributed by atoms with Gasteiger partial charge in [-0.1, -0.05) is 0 Å². The van der Waals surface area contributed by atoms with Crippen molar-refractivity contribution in [1.29, 1.82) is 0 Å². The second-order valence-corrected chi connectivity index (χ2v) is 2.98. The van der Waals surface area contributed by atoms with Gasteiger partial charge in [0.2, 0.25) is 0 Å². The third-order valence-corrected chi connectivity index (χ3v) is 1.93. The first kappa shape index (κ1) is 8.37. The van der Waals surface area contributed by atoms with E-state index in [9.17, 15) is 8.78 Å². The molecule has 5 heteroatoms. The molecule has 0 aromatic carbocycles. The lowest BCUT2D eigenvalue weighted by molar-refractivity contribution is 0.467. The average molecular weight is 185 g/mol. The normalized spacial score (nSPS) is 16.8. The lowest BCUT2D eigenvalue weighted by atomic mass is 10.2. The quantitative estimate of drug-likeness (QED) is 0.713. The van der Waals surface area contributed by atoms with Crippen molar-refractivity contribution < 1.29 is 8.78 Å². The number of nitrogens with one attached hydrogen (secondary N) is 2. The molecule has 0 amide bonds. The summed E-state index contributed by atoms with van der Waals surface area (Å²) >= 11 is 0. The minimum atomic E-state index is -0.658. The van der Waals surface area contributed by atoms with Crippen molar-refractivity contribution in [3.63, 3.8) is 0 Å². The number of pyridine rings is 1. The van der Waals surface area contributed by atoms with E-state index in [1.54, 1.807) is 0 Å². The second kappa shape index (κ2) is 3.26. The van der Waals surface area contributed by atoms with Crippen molar-refractivity contribution >= 4 is 5.82 Å². The molecule has 1 aromatic rings. The third kappa shape index (κ3) is 1.75. The summed E-state index contributed by atoms with van der Waals surface area (Å²) in [5.74, 6) is -1.19. The van der Waals surface area contributed by atoms with Gasteiger partial charge in [0.05, 0.1) is 12.2 Å². The first-order chi connectivity index (χ1) is 6.25. The number of hydrogen-bond acceptors (Lipinski definition) is 3. The summed E-state index contributed by atoms with van der Waals surface area (Å²) < 4.78 is 25.4. The van der Waals surface area contributed by atoms with Crippen LogP contribution in [0, 0.1) is 11.6 Å². The minimum Gasteiger partial charge on any atom is -0.362 e. The topological polar surface area (TPSA) is 37.0 Å². The number of halogens is 2. The minimum absolute atomic E-state index is 0.118. The molecule has 1 aliphatic rings. The van der Waals surface area contributed by atoms with Crippen molar-refractivity contribution in [3.8, 4) is 0 Å².